The summed E-state index contributed by atoms with van der Waals surface area (Å²) >= 11 is 0. The van der Waals surface area contributed by atoms with Crippen LogP contribution in [0.3, 0.4) is 0 Å². The molecule has 0 aliphatic rings. The standard InChI is InChI=1S/C8H12F3N7O/c9-8(10,11)4-3-5(17-7(16-4)18-13)14-1-2-15-6(12)19/h3H,1-2,13H2,(H3,12,15,19)(H2,14,16,17,18). The van der Waals surface area contributed by atoms with Gasteiger partial charge in [0.05, 0.1) is 0 Å². The summed E-state index contributed by atoms with van der Waals surface area (Å²) in [7, 11) is 0. The van der Waals surface area contributed by atoms with Crippen molar-refractivity contribution in [2.24, 2.45) is 11.6 Å². The zero-order chi connectivity index (χ0) is 14.5. The normalized spacial score (nSPS) is 10.9. The van der Waals surface area contributed by atoms with Crippen LogP contribution < -0.4 is 27.6 Å². The lowest BCUT2D eigenvalue weighted by Crippen LogP contribution is -2.33. The number of nitrogens with two attached hydrogens (primary N) is 2. The zero-order valence-electron chi connectivity index (χ0n) is 9.58. The van der Waals surface area contributed by atoms with E-state index in [4.69, 9.17) is 11.6 Å². The molecule has 0 saturated heterocycles. The summed E-state index contributed by atoms with van der Waals surface area (Å²) in [5, 5.41) is 4.83. The van der Waals surface area contributed by atoms with Gasteiger partial charge in [-0.2, -0.15) is 18.2 Å². The number of hydrogen-bond acceptors (Lipinski definition) is 6. The Bertz CT molecular complexity index is 450. The van der Waals surface area contributed by atoms with Gasteiger partial charge in [0.15, 0.2) is 5.69 Å². The summed E-state index contributed by atoms with van der Waals surface area (Å²) in [5.74, 6) is 4.53. The van der Waals surface area contributed by atoms with Gasteiger partial charge in [-0.3, -0.25) is 5.43 Å². The molecule has 0 aliphatic carbocycles. The molecule has 0 unspecified atom stereocenters. The zero-order valence-corrected chi connectivity index (χ0v) is 9.58. The Morgan fingerprint density at radius 2 is 2.00 bits per heavy atom. The Morgan fingerprint density at radius 3 is 2.53 bits per heavy atom. The number of primary amides is 1. The molecule has 0 fully saturated rings. The fourth-order valence-corrected chi connectivity index (χ4v) is 1.12. The van der Waals surface area contributed by atoms with Gasteiger partial charge < -0.3 is 16.4 Å². The molecule has 7 N–H and O–H groups in total. The average Bonchev–Trinajstić information content (AvgIpc) is 2.33. The van der Waals surface area contributed by atoms with E-state index in [1.807, 2.05) is 5.43 Å². The van der Waals surface area contributed by atoms with Gasteiger partial charge in [0.25, 0.3) is 0 Å². The van der Waals surface area contributed by atoms with Gasteiger partial charge in [-0.1, -0.05) is 0 Å². The van der Waals surface area contributed by atoms with Crippen LogP contribution in [-0.4, -0.2) is 29.1 Å². The number of rotatable bonds is 5. The van der Waals surface area contributed by atoms with Gasteiger partial charge in [0.2, 0.25) is 5.95 Å². The smallest absolute Gasteiger partial charge is 0.368 e. The van der Waals surface area contributed by atoms with E-state index in [9.17, 15) is 18.0 Å². The number of nitrogens with zero attached hydrogens (tertiary/aromatic N) is 2. The van der Waals surface area contributed by atoms with Crippen LogP contribution in [0.25, 0.3) is 0 Å². The molecule has 19 heavy (non-hydrogen) atoms. The maximum absolute atomic E-state index is 12.5. The first kappa shape index (κ1) is 14.8. The fourth-order valence-electron chi connectivity index (χ4n) is 1.12. The van der Waals surface area contributed by atoms with Crippen molar-refractivity contribution in [1.29, 1.82) is 0 Å². The van der Waals surface area contributed by atoms with Gasteiger partial charge >= 0.3 is 12.2 Å². The summed E-state index contributed by atoms with van der Waals surface area (Å²) < 4.78 is 37.6. The van der Waals surface area contributed by atoms with Crippen molar-refractivity contribution in [2.75, 3.05) is 23.8 Å². The number of aromatic nitrogens is 2. The highest BCUT2D eigenvalue weighted by Gasteiger charge is 2.33. The number of halogens is 3. The number of amides is 2. The third-order valence-electron chi connectivity index (χ3n) is 1.88. The van der Waals surface area contributed by atoms with Crippen LogP contribution in [0.5, 0.6) is 0 Å². The molecule has 0 radical (unpaired) electrons. The molecule has 0 spiro atoms. The van der Waals surface area contributed by atoms with Crippen molar-refractivity contribution in [3.63, 3.8) is 0 Å². The highest BCUT2D eigenvalue weighted by Crippen LogP contribution is 2.29. The minimum atomic E-state index is -4.61. The van der Waals surface area contributed by atoms with Gasteiger partial charge in [-0.25, -0.2) is 15.6 Å². The molecule has 1 heterocycles. The molecule has 0 saturated carbocycles. The van der Waals surface area contributed by atoms with E-state index in [-0.39, 0.29) is 24.9 Å². The van der Waals surface area contributed by atoms with Crippen molar-refractivity contribution in [3.05, 3.63) is 11.8 Å². The van der Waals surface area contributed by atoms with Crippen molar-refractivity contribution in [2.45, 2.75) is 6.18 Å². The molecule has 0 aromatic carbocycles. The number of nitrogen functional groups attached to an aromatic ring is 1. The molecule has 1 rings (SSSR count). The second kappa shape index (κ2) is 6.04. The number of hydrogen-bond donors (Lipinski definition) is 5. The van der Waals surface area contributed by atoms with Gasteiger partial charge in [0.1, 0.15) is 5.82 Å². The lowest BCUT2D eigenvalue weighted by molar-refractivity contribution is -0.141. The number of carbonyl (C=O) groups excluding carboxylic acids is 1. The Morgan fingerprint density at radius 1 is 1.32 bits per heavy atom. The average molecular weight is 279 g/mol. The second-order valence-corrected chi connectivity index (χ2v) is 3.32. The number of hydrazine groups is 1. The first-order valence-electron chi connectivity index (χ1n) is 5.03. The van der Waals surface area contributed by atoms with Crippen LogP contribution in [0.4, 0.5) is 29.7 Å². The van der Waals surface area contributed by atoms with Crippen molar-refractivity contribution >= 4 is 17.8 Å². The van der Waals surface area contributed by atoms with Crippen LogP contribution in [0.2, 0.25) is 0 Å². The van der Waals surface area contributed by atoms with E-state index in [0.717, 1.165) is 6.07 Å². The third kappa shape index (κ3) is 4.83. The Balaban J connectivity index is 2.74. The predicted octanol–water partition coefficient (Wildman–Crippen LogP) is -0.139. The van der Waals surface area contributed by atoms with Gasteiger partial charge in [0, 0.05) is 19.2 Å². The monoisotopic (exact) mass is 279 g/mol. The van der Waals surface area contributed by atoms with Crippen LogP contribution in [0.1, 0.15) is 5.69 Å². The molecule has 1 aromatic rings. The maximum Gasteiger partial charge on any atom is 0.433 e. The number of alkyl halides is 3. The van der Waals surface area contributed by atoms with E-state index in [1.165, 1.54) is 0 Å². The van der Waals surface area contributed by atoms with Gasteiger partial charge in [-0.15, -0.1) is 0 Å². The SMILES string of the molecule is NNc1nc(NCCNC(N)=O)cc(C(F)(F)F)n1. The Hall–Kier alpha value is -2.30. The number of urea groups is 1. The molecule has 1 aromatic heterocycles. The number of anilines is 2. The third-order valence-corrected chi connectivity index (χ3v) is 1.88. The number of nitrogens with one attached hydrogen (secondary N) is 3. The van der Waals surface area contributed by atoms with E-state index in [1.54, 1.807) is 0 Å². The van der Waals surface area contributed by atoms with Gasteiger partial charge in [-0.05, 0) is 0 Å². The maximum atomic E-state index is 12.5. The fraction of sp³-hybridized carbons (Fsp3) is 0.375. The van der Waals surface area contributed by atoms with E-state index in [2.05, 4.69) is 20.6 Å². The molecule has 0 atom stereocenters. The quantitative estimate of drug-likeness (QED) is 0.290. The van der Waals surface area contributed by atoms with Crippen LogP contribution in [0, 0.1) is 0 Å². The summed E-state index contributed by atoms with van der Waals surface area (Å²) in [5.41, 5.74) is 5.62. The Labute approximate surface area is 105 Å². The summed E-state index contributed by atoms with van der Waals surface area (Å²) in [6.45, 7) is 0.271. The van der Waals surface area contributed by atoms with E-state index >= 15 is 0 Å². The predicted molar refractivity (Wildman–Crippen MR) is 60.9 cm³/mol. The molecule has 11 heteroatoms. The highest BCUT2D eigenvalue weighted by atomic mass is 19.4. The molecular formula is C8H12F3N7O. The lowest BCUT2D eigenvalue weighted by atomic mass is 10.3. The molecule has 2 amide bonds. The molecular weight excluding hydrogens is 267 g/mol. The van der Waals surface area contributed by atoms with Crippen molar-refractivity contribution in [3.8, 4) is 0 Å². The first-order valence-corrected chi connectivity index (χ1v) is 5.03. The molecule has 106 valence electrons. The van der Waals surface area contributed by atoms with Crippen molar-refractivity contribution < 1.29 is 18.0 Å². The Kier molecular flexibility index (Phi) is 4.69. The highest BCUT2D eigenvalue weighted by molar-refractivity contribution is 5.71. The minimum absolute atomic E-state index is 0.0819. The van der Waals surface area contributed by atoms with Crippen molar-refractivity contribution in [1.82, 2.24) is 15.3 Å². The van der Waals surface area contributed by atoms with Crippen LogP contribution >= 0.6 is 0 Å². The lowest BCUT2D eigenvalue weighted by Gasteiger charge is -2.11. The second-order valence-electron chi connectivity index (χ2n) is 3.32. The van der Waals surface area contributed by atoms with Crippen LogP contribution in [-0.2, 0) is 6.18 Å². The molecule has 0 bridgehead atoms. The molecule has 8 nitrogen and oxygen atoms in total. The van der Waals surface area contributed by atoms with Crippen LogP contribution in [0.15, 0.2) is 6.07 Å². The first-order chi connectivity index (χ1) is 8.82. The molecule has 0 aliphatic heterocycles. The van der Waals surface area contributed by atoms with E-state index < -0.39 is 17.9 Å². The summed E-state index contributed by atoms with van der Waals surface area (Å²) in [6, 6.07) is -0.00439. The largest absolute Gasteiger partial charge is 0.433 e. The topological polar surface area (TPSA) is 131 Å². The summed E-state index contributed by atoms with van der Waals surface area (Å²) in [4.78, 5) is 17.2. The minimum Gasteiger partial charge on any atom is -0.368 e. The number of carbonyl (C=O) groups is 1. The van der Waals surface area contributed by atoms with E-state index in [0.29, 0.717) is 0 Å². The summed E-state index contributed by atoms with van der Waals surface area (Å²) in [6.07, 6.45) is -4.61.